The molecule has 2 fully saturated rings. The van der Waals surface area contributed by atoms with Crippen LogP contribution in [-0.2, 0) is 18.4 Å². The molecule has 2 saturated heterocycles. The van der Waals surface area contributed by atoms with E-state index < -0.39 is 0 Å². The van der Waals surface area contributed by atoms with Crippen LogP contribution in [0.2, 0.25) is 0 Å². The second-order valence-electron chi connectivity index (χ2n) is 7.36. The van der Waals surface area contributed by atoms with Crippen LogP contribution in [0.3, 0.4) is 0 Å². The minimum atomic E-state index is 0.274. The minimum absolute atomic E-state index is 0.274. The van der Waals surface area contributed by atoms with Crippen LogP contribution in [0.15, 0.2) is 29.2 Å². The average molecular weight is 374 g/mol. The van der Waals surface area contributed by atoms with E-state index in [-0.39, 0.29) is 5.91 Å². The number of nitrogens with zero attached hydrogens (tertiary/aromatic N) is 5. The molecule has 2 aromatic rings. The van der Waals surface area contributed by atoms with Crippen LogP contribution in [0.5, 0.6) is 0 Å². The summed E-state index contributed by atoms with van der Waals surface area (Å²) < 4.78 is 1.85. The van der Waals surface area contributed by atoms with Crippen molar-refractivity contribution in [2.45, 2.75) is 25.4 Å². The van der Waals surface area contributed by atoms with Crippen LogP contribution in [0.4, 0.5) is 0 Å². The molecule has 26 heavy (non-hydrogen) atoms. The number of carbonyl (C=O) groups excluding carboxylic acids is 1. The van der Waals surface area contributed by atoms with Crippen LogP contribution in [0.1, 0.15) is 30.0 Å². The van der Waals surface area contributed by atoms with E-state index in [1.54, 1.807) is 11.3 Å². The predicted octanol–water partition coefficient (Wildman–Crippen LogP) is 1.96. The van der Waals surface area contributed by atoms with Gasteiger partial charge in [-0.05, 0) is 41.8 Å². The van der Waals surface area contributed by atoms with Crippen LogP contribution < -0.4 is 0 Å². The van der Waals surface area contributed by atoms with Gasteiger partial charge in [-0.1, -0.05) is 0 Å². The first-order valence-corrected chi connectivity index (χ1v) is 10.4. The molecule has 1 amide bonds. The average Bonchev–Trinajstić information content (AvgIpc) is 3.38. The molecule has 0 aliphatic carbocycles. The molecule has 2 aliphatic heterocycles. The van der Waals surface area contributed by atoms with Crippen molar-refractivity contribution in [1.29, 1.82) is 0 Å². The summed E-state index contributed by atoms with van der Waals surface area (Å²) in [6.07, 6.45) is 6.29. The Balaban J connectivity index is 1.28. The third kappa shape index (κ3) is 4.00. The number of rotatable bonds is 5. The molecule has 1 unspecified atom stereocenters. The van der Waals surface area contributed by atoms with Crippen molar-refractivity contribution in [3.8, 4) is 0 Å². The van der Waals surface area contributed by atoms with Crippen LogP contribution in [0, 0.1) is 0 Å². The minimum Gasteiger partial charge on any atom is -0.339 e. The lowest BCUT2D eigenvalue weighted by Gasteiger charge is -2.36. The lowest BCUT2D eigenvalue weighted by atomic mass is 10.1. The Morgan fingerprint density at radius 3 is 2.81 bits per heavy atom. The third-order valence-electron chi connectivity index (χ3n) is 5.52. The SMILES string of the molecule is Cn1cc(C2CCCN2CC(=O)N2CCN(Cc3ccsc3)CC2)cn1. The molecule has 0 spiro atoms. The van der Waals surface area contributed by atoms with Gasteiger partial charge in [0.1, 0.15) is 0 Å². The van der Waals surface area contributed by atoms with Gasteiger partial charge in [-0.25, -0.2) is 0 Å². The van der Waals surface area contributed by atoms with Gasteiger partial charge in [0.05, 0.1) is 12.7 Å². The Kier molecular flexibility index (Phi) is 5.38. The highest BCUT2D eigenvalue weighted by Gasteiger charge is 2.30. The van der Waals surface area contributed by atoms with Gasteiger partial charge < -0.3 is 4.90 Å². The number of amides is 1. The van der Waals surface area contributed by atoms with E-state index in [0.717, 1.165) is 52.1 Å². The molecule has 0 radical (unpaired) electrons. The summed E-state index contributed by atoms with van der Waals surface area (Å²) in [5.74, 6) is 0.274. The second kappa shape index (κ2) is 7.90. The monoisotopic (exact) mass is 373 g/mol. The number of carbonyl (C=O) groups is 1. The van der Waals surface area contributed by atoms with E-state index in [1.165, 1.54) is 11.1 Å². The largest absolute Gasteiger partial charge is 0.339 e. The zero-order valence-corrected chi connectivity index (χ0v) is 16.2. The Morgan fingerprint density at radius 2 is 2.12 bits per heavy atom. The van der Waals surface area contributed by atoms with E-state index in [9.17, 15) is 4.79 Å². The van der Waals surface area contributed by atoms with Crippen molar-refractivity contribution in [2.75, 3.05) is 39.3 Å². The maximum atomic E-state index is 12.8. The van der Waals surface area contributed by atoms with E-state index in [4.69, 9.17) is 0 Å². The molecule has 140 valence electrons. The number of likely N-dealkylation sites (tertiary alicyclic amines) is 1. The molecule has 2 aliphatic rings. The van der Waals surface area contributed by atoms with Gasteiger partial charge in [-0.3, -0.25) is 19.3 Å². The number of thiophene rings is 1. The highest BCUT2D eigenvalue weighted by atomic mass is 32.1. The van der Waals surface area contributed by atoms with Gasteiger partial charge in [0, 0.05) is 57.6 Å². The van der Waals surface area contributed by atoms with Crippen molar-refractivity contribution in [1.82, 2.24) is 24.5 Å². The lowest BCUT2D eigenvalue weighted by Crippen LogP contribution is -2.50. The molecule has 4 heterocycles. The highest BCUT2D eigenvalue weighted by molar-refractivity contribution is 7.07. The second-order valence-corrected chi connectivity index (χ2v) is 8.14. The maximum absolute atomic E-state index is 12.8. The van der Waals surface area contributed by atoms with Crippen molar-refractivity contribution in [3.05, 3.63) is 40.3 Å². The van der Waals surface area contributed by atoms with E-state index in [1.807, 2.05) is 22.8 Å². The van der Waals surface area contributed by atoms with E-state index in [2.05, 4.69) is 37.9 Å². The molecule has 0 N–H and O–H groups in total. The van der Waals surface area contributed by atoms with Gasteiger partial charge in [-0.15, -0.1) is 0 Å². The van der Waals surface area contributed by atoms with Gasteiger partial charge in [0.2, 0.25) is 5.91 Å². The molecule has 7 heteroatoms. The Morgan fingerprint density at radius 1 is 1.27 bits per heavy atom. The number of piperazine rings is 1. The smallest absolute Gasteiger partial charge is 0.236 e. The van der Waals surface area contributed by atoms with Gasteiger partial charge in [0.25, 0.3) is 0 Å². The summed E-state index contributed by atoms with van der Waals surface area (Å²) in [7, 11) is 1.95. The first-order chi connectivity index (χ1) is 12.7. The molecule has 0 bridgehead atoms. The van der Waals surface area contributed by atoms with Gasteiger partial charge >= 0.3 is 0 Å². The fraction of sp³-hybridized carbons (Fsp3) is 0.579. The topological polar surface area (TPSA) is 44.6 Å². The summed E-state index contributed by atoms with van der Waals surface area (Å²) >= 11 is 1.75. The molecule has 4 rings (SSSR count). The van der Waals surface area contributed by atoms with Crippen molar-refractivity contribution >= 4 is 17.2 Å². The molecular weight excluding hydrogens is 346 g/mol. The summed E-state index contributed by atoms with van der Waals surface area (Å²) in [5.41, 5.74) is 2.62. The van der Waals surface area contributed by atoms with Crippen LogP contribution in [-0.4, -0.2) is 69.7 Å². The Bertz CT molecular complexity index is 720. The van der Waals surface area contributed by atoms with E-state index >= 15 is 0 Å². The fourth-order valence-corrected chi connectivity index (χ4v) is 4.73. The van der Waals surface area contributed by atoms with Crippen LogP contribution >= 0.6 is 11.3 Å². The zero-order valence-electron chi connectivity index (χ0n) is 15.4. The van der Waals surface area contributed by atoms with E-state index in [0.29, 0.717) is 12.6 Å². The fourth-order valence-electron chi connectivity index (χ4n) is 4.08. The Hall–Kier alpha value is -1.70. The molecule has 2 aromatic heterocycles. The number of hydrogen-bond acceptors (Lipinski definition) is 5. The number of aryl methyl sites for hydroxylation is 1. The van der Waals surface area contributed by atoms with Gasteiger partial charge in [0.15, 0.2) is 0 Å². The molecule has 1 atom stereocenters. The third-order valence-corrected chi connectivity index (χ3v) is 6.25. The standard InChI is InChI=1S/C19H27N5OS/c1-21-13-17(11-20-21)18-3-2-5-24(18)14-19(25)23-8-6-22(7-9-23)12-16-4-10-26-15-16/h4,10-11,13,15,18H,2-3,5-9,12,14H2,1H3. The normalized spacial score (nSPS) is 22.2. The predicted molar refractivity (Wildman–Crippen MR) is 103 cm³/mol. The number of aromatic nitrogens is 2. The molecule has 0 saturated carbocycles. The molecule has 6 nitrogen and oxygen atoms in total. The van der Waals surface area contributed by atoms with Crippen LogP contribution in [0.25, 0.3) is 0 Å². The van der Waals surface area contributed by atoms with Crippen molar-refractivity contribution < 1.29 is 4.79 Å². The highest BCUT2D eigenvalue weighted by Crippen LogP contribution is 2.31. The lowest BCUT2D eigenvalue weighted by molar-refractivity contribution is -0.134. The maximum Gasteiger partial charge on any atom is 0.236 e. The molecular formula is C19H27N5OS. The van der Waals surface area contributed by atoms with Crippen molar-refractivity contribution in [3.63, 3.8) is 0 Å². The Labute approximate surface area is 159 Å². The first-order valence-electron chi connectivity index (χ1n) is 9.43. The van der Waals surface area contributed by atoms with Gasteiger partial charge in [-0.2, -0.15) is 16.4 Å². The summed E-state index contributed by atoms with van der Waals surface area (Å²) in [6, 6.07) is 2.53. The quantitative estimate of drug-likeness (QED) is 0.804. The van der Waals surface area contributed by atoms with Crippen molar-refractivity contribution in [2.24, 2.45) is 7.05 Å². The summed E-state index contributed by atoms with van der Waals surface area (Å²) in [5, 5.41) is 8.63. The first kappa shape index (κ1) is 17.7. The zero-order chi connectivity index (χ0) is 17.9. The summed E-state index contributed by atoms with van der Waals surface area (Å²) in [4.78, 5) is 19.6. The molecule has 0 aromatic carbocycles. The number of hydrogen-bond donors (Lipinski definition) is 0. The summed E-state index contributed by atoms with van der Waals surface area (Å²) in [6.45, 7) is 6.15.